The smallest absolute Gasteiger partial charge is 0.129 e. The van der Waals surface area contributed by atoms with E-state index in [4.69, 9.17) is 17.2 Å². The molecular weight excluding hydrogens is 200 g/mol. The van der Waals surface area contributed by atoms with Crippen LogP contribution in [-0.2, 0) is 6.42 Å². The summed E-state index contributed by atoms with van der Waals surface area (Å²) >= 11 is 0. The van der Waals surface area contributed by atoms with Crippen LogP contribution in [0.2, 0.25) is 0 Å². The van der Waals surface area contributed by atoms with Gasteiger partial charge >= 0.3 is 0 Å². The van der Waals surface area contributed by atoms with Crippen molar-refractivity contribution in [3.05, 3.63) is 47.5 Å². The van der Waals surface area contributed by atoms with E-state index in [9.17, 15) is 0 Å². The molecule has 1 aromatic carbocycles. The Balaban J connectivity index is 2.27. The summed E-state index contributed by atoms with van der Waals surface area (Å²) in [6.45, 7) is 0. The molecule has 0 aliphatic carbocycles. The van der Waals surface area contributed by atoms with Crippen molar-refractivity contribution in [2.24, 2.45) is 0 Å². The van der Waals surface area contributed by atoms with Gasteiger partial charge in [0, 0.05) is 12.1 Å². The topological polar surface area (TPSA) is 91.0 Å². The van der Waals surface area contributed by atoms with Gasteiger partial charge in [-0.25, -0.2) is 4.98 Å². The number of rotatable bonds is 2. The minimum absolute atomic E-state index is 0.439. The second-order valence-electron chi connectivity index (χ2n) is 3.70. The van der Waals surface area contributed by atoms with Gasteiger partial charge < -0.3 is 17.2 Å². The Kier molecular flexibility index (Phi) is 2.64. The van der Waals surface area contributed by atoms with Crippen LogP contribution < -0.4 is 17.2 Å². The predicted octanol–water partition coefficient (Wildman–Crippen LogP) is 1.42. The Labute approximate surface area is 94.1 Å². The summed E-state index contributed by atoms with van der Waals surface area (Å²) in [6, 6.07) is 11.3. The first kappa shape index (κ1) is 10.3. The normalized spacial score (nSPS) is 10.2. The molecule has 0 saturated heterocycles. The van der Waals surface area contributed by atoms with E-state index < -0.39 is 0 Å². The standard InChI is InChI=1S/C12H14N4/c13-10-3-1-2-8(7-10)6-9-4-5-11(14)16-12(9)15/h1-5,7H,6,13H2,(H4,14,15,16). The fourth-order valence-corrected chi connectivity index (χ4v) is 1.59. The molecule has 0 spiro atoms. The Morgan fingerprint density at radius 2 is 1.81 bits per heavy atom. The van der Waals surface area contributed by atoms with Crippen LogP contribution in [0.5, 0.6) is 0 Å². The van der Waals surface area contributed by atoms with Crippen molar-refractivity contribution in [2.45, 2.75) is 6.42 Å². The van der Waals surface area contributed by atoms with Crippen molar-refractivity contribution in [1.82, 2.24) is 4.98 Å². The molecule has 82 valence electrons. The van der Waals surface area contributed by atoms with Gasteiger partial charge in [0.25, 0.3) is 0 Å². The molecule has 0 atom stereocenters. The number of pyridine rings is 1. The first-order chi connectivity index (χ1) is 7.65. The summed E-state index contributed by atoms with van der Waals surface area (Å²) in [5.41, 5.74) is 19.8. The summed E-state index contributed by atoms with van der Waals surface area (Å²) in [5.74, 6) is 0.913. The van der Waals surface area contributed by atoms with Crippen molar-refractivity contribution < 1.29 is 0 Å². The van der Waals surface area contributed by atoms with Crippen LogP contribution >= 0.6 is 0 Å². The Hall–Kier alpha value is -2.23. The maximum absolute atomic E-state index is 5.78. The SMILES string of the molecule is Nc1cccc(Cc2ccc(N)nc2N)c1. The monoisotopic (exact) mass is 214 g/mol. The Bertz CT molecular complexity index is 508. The second-order valence-corrected chi connectivity index (χ2v) is 3.70. The average Bonchev–Trinajstić information content (AvgIpc) is 2.22. The number of hydrogen-bond acceptors (Lipinski definition) is 4. The zero-order valence-electron chi connectivity index (χ0n) is 8.85. The van der Waals surface area contributed by atoms with Gasteiger partial charge in [-0.3, -0.25) is 0 Å². The molecule has 4 nitrogen and oxygen atoms in total. The Morgan fingerprint density at radius 1 is 1.00 bits per heavy atom. The van der Waals surface area contributed by atoms with Gasteiger partial charge in [0.2, 0.25) is 0 Å². The third-order valence-corrected chi connectivity index (χ3v) is 2.38. The van der Waals surface area contributed by atoms with E-state index in [0.29, 0.717) is 18.1 Å². The molecule has 0 saturated carbocycles. The van der Waals surface area contributed by atoms with Gasteiger partial charge in [-0.15, -0.1) is 0 Å². The van der Waals surface area contributed by atoms with Crippen molar-refractivity contribution in [2.75, 3.05) is 17.2 Å². The number of aromatic nitrogens is 1. The van der Waals surface area contributed by atoms with E-state index in [1.54, 1.807) is 6.07 Å². The van der Waals surface area contributed by atoms with Gasteiger partial charge in [-0.2, -0.15) is 0 Å². The van der Waals surface area contributed by atoms with Gasteiger partial charge in [0.1, 0.15) is 11.6 Å². The van der Waals surface area contributed by atoms with E-state index in [2.05, 4.69) is 4.98 Å². The summed E-state index contributed by atoms with van der Waals surface area (Å²) < 4.78 is 0. The molecule has 0 bridgehead atoms. The fraction of sp³-hybridized carbons (Fsp3) is 0.0833. The maximum Gasteiger partial charge on any atom is 0.129 e. The molecule has 0 unspecified atom stereocenters. The minimum atomic E-state index is 0.439. The molecular formula is C12H14N4. The van der Waals surface area contributed by atoms with Gasteiger partial charge in [0.05, 0.1) is 0 Å². The van der Waals surface area contributed by atoms with E-state index in [1.807, 2.05) is 30.3 Å². The number of anilines is 3. The predicted molar refractivity (Wildman–Crippen MR) is 66.7 cm³/mol. The van der Waals surface area contributed by atoms with Crippen LogP contribution in [-0.4, -0.2) is 4.98 Å². The van der Waals surface area contributed by atoms with Crippen molar-refractivity contribution >= 4 is 17.3 Å². The molecule has 0 radical (unpaired) electrons. The molecule has 6 N–H and O–H groups in total. The molecule has 0 amide bonds. The van der Waals surface area contributed by atoms with Crippen molar-refractivity contribution in [3.63, 3.8) is 0 Å². The lowest BCUT2D eigenvalue weighted by atomic mass is 10.1. The minimum Gasteiger partial charge on any atom is -0.399 e. The third-order valence-electron chi connectivity index (χ3n) is 2.38. The van der Waals surface area contributed by atoms with Crippen LogP contribution in [0.25, 0.3) is 0 Å². The van der Waals surface area contributed by atoms with Crippen molar-refractivity contribution in [1.29, 1.82) is 0 Å². The molecule has 1 heterocycles. The summed E-state index contributed by atoms with van der Waals surface area (Å²) in [4.78, 5) is 4.02. The third kappa shape index (κ3) is 2.23. The van der Waals surface area contributed by atoms with E-state index >= 15 is 0 Å². The summed E-state index contributed by atoms with van der Waals surface area (Å²) in [5, 5.41) is 0. The molecule has 0 aliphatic heterocycles. The maximum atomic E-state index is 5.78. The highest BCUT2D eigenvalue weighted by molar-refractivity contribution is 5.49. The number of nitrogen functional groups attached to an aromatic ring is 3. The van der Waals surface area contributed by atoms with Crippen LogP contribution in [0.15, 0.2) is 36.4 Å². The molecule has 16 heavy (non-hydrogen) atoms. The molecule has 0 fully saturated rings. The molecule has 4 heteroatoms. The first-order valence-corrected chi connectivity index (χ1v) is 5.00. The van der Waals surface area contributed by atoms with E-state index in [1.165, 1.54) is 0 Å². The zero-order chi connectivity index (χ0) is 11.5. The number of hydrogen-bond donors (Lipinski definition) is 3. The number of benzene rings is 1. The second kappa shape index (κ2) is 4.10. The van der Waals surface area contributed by atoms with Crippen LogP contribution in [0.3, 0.4) is 0 Å². The lowest BCUT2D eigenvalue weighted by molar-refractivity contribution is 1.16. The lowest BCUT2D eigenvalue weighted by Gasteiger charge is -2.06. The number of nitrogens with zero attached hydrogens (tertiary/aromatic N) is 1. The van der Waals surface area contributed by atoms with Crippen LogP contribution in [0.4, 0.5) is 17.3 Å². The average molecular weight is 214 g/mol. The summed E-state index contributed by atoms with van der Waals surface area (Å²) in [7, 11) is 0. The van der Waals surface area contributed by atoms with Crippen LogP contribution in [0.1, 0.15) is 11.1 Å². The van der Waals surface area contributed by atoms with Gasteiger partial charge in [0.15, 0.2) is 0 Å². The van der Waals surface area contributed by atoms with Gasteiger partial charge in [-0.1, -0.05) is 18.2 Å². The molecule has 1 aromatic heterocycles. The lowest BCUT2D eigenvalue weighted by Crippen LogP contribution is -2.01. The highest BCUT2D eigenvalue weighted by atomic mass is 14.9. The summed E-state index contributed by atoms with van der Waals surface area (Å²) in [6.07, 6.45) is 0.712. The first-order valence-electron chi connectivity index (χ1n) is 5.00. The zero-order valence-corrected chi connectivity index (χ0v) is 8.85. The van der Waals surface area contributed by atoms with E-state index in [0.717, 1.165) is 16.8 Å². The molecule has 2 rings (SSSR count). The van der Waals surface area contributed by atoms with Crippen LogP contribution in [0, 0.1) is 0 Å². The highest BCUT2D eigenvalue weighted by Crippen LogP contribution is 2.17. The van der Waals surface area contributed by atoms with Gasteiger partial charge in [-0.05, 0) is 29.3 Å². The number of nitrogens with two attached hydrogens (primary N) is 3. The highest BCUT2D eigenvalue weighted by Gasteiger charge is 2.02. The fourth-order valence-electron chi connectivity index (χ4n) is 1.59. The molecule has 2 aromatic rings. The largest absolute Gasteiger partial charge is 0.399 e. The Morgan fingerprint density at radius 3 is 2.50 bits per heavy atom. The quantitative estimate of drug-likeness (QED) is 0.659. The molecule has 0 aliphatic rings. The van der Waals surface area contributed by atoms with Crippen molar-refractivity contribution in [3.8, 4) is 0 Å². The van der Waals surface area contributed by atoms with E-state index in [-0.39, 0.29) is 0 Å².